The molecule has 3 aromatic rings. The molecule has 1 atom stereocenters. The van der Waals surface area contributed by atoms with Crippen LogP contribution < -0.4 is 0 Å². The molecule has 0 saturated heterocycles. The molecule has 1 heterocycles. The van der Waals surface area contributed by atoms with Crippen molar-refractivity contribution in [2.45, 2.75) is 52.0 Å². The van der Waals surface area contributed by atoms with Crippen molar-refractivity contribution in [3.63, 3.8) is 0 Å². The van der Waals surface area contributed by atoms with Crippen LogP contribution in [0.5, 0.6) is 0 Å². The van der Waals surface area contributed by atoms with Crippen LogP contribution in [-0.4, -0.2) is 28.4 Å². The zero-order valence-electron chi connectivity index (χ0n) is 19.5. The number of aryl methyl sites for hydroxylation is 1. The molecule has 3 rings (SSSR count). The number of unbranched alkanes of at least 4 members (excludes halogenated alkanes) is 1. The Balaban J connectivity index is 2.05. The van der Waals surface area contributed by atoms with Gasteiger partial charge in [0, 0.05) is 12.8 Å². The molecule has 0 fully saturated rings. The van der Waals surface area contributed by atoms with Crippen LogP contribution >= 0.6 is 11.6 Å². The predicted octanol–water partition coefficient (Wildman–Crippen LogP) is 6.16. The number of esters is 1. The van der Waals surface area contributed by atoms with Gasteiger partial charge in [0.25, 0.3) is 0 Å². The van der Waals surface area contributed by atoms with E-state index in [1.165, 1.54) is 0 Å². The molecule has 0 saturated carbocycles. The third-order valence-electron chi connectivity index (χ3n) is 5.73. The summed E-state index contributed by atoms with van der Waals surface area (Å²) in [5, 5.41) is 9.62. The van der Waals surface area contributed by atoms with Gasteiger partial charge >= 0.3 is 5.97 Å². The average Bonchev–Trinajstić information content (AvgIpc) is 3.18. The van der Waals surface area contributed by atoms with Gasteiger partial charge in [-0.1, -0.05) is 67.4 Å². The third kappa shape index (κ3) is 5.73. The summed E-state index contributed by atoms with van der Waals surface area (Å²) in [4.78, 5) is 28.6. The van der Waals surface area contributed by atoms with Crippen LogP contribution in [0.2, 0.25) is 5.15 Å². The number of aldehydes is 1. The molecule has 7 heteroatoms. The second-order valence-electron chi connectivity index (χ2n) is 7.93. The number of aromatic nitrogens is 2. The van der Waals surface area contributed by atoms with Crippen LogP contribution in [0.3, 0.4) is 0 Å². The molecule has 0 aliphatic rings. The standard InChI is InChI=1S/C27H28ClN3O3/c1-3-5-10-25-30-27(28)24(18-32)31(25)23(15-16-26(33)34-4-2)20-13-11-19(12-14-20)22-9-7-6-8-21(22)17-29/h6-9,11-14,18,23H,3-5,10,15-16H2,1-2H3. The fourth-order valence-electron chi connectivity index (χ4n) is 4.08. The highest BCUT2D eigenvalue weighted by Crippen LogP contribution is 2.32. The molecule has 0 spiro atoms. The van der Waals surface area contributed by atoms with E-state index >= 15 is 0 Å². The second kappa shape index (κ2) is 12.2. The maximum Gasteiger partial charge on any atom is 0.305 e. The van der Waals surface area contributed by atoms with Gasteiger partial charge in [-0.3, -0.25) is 9.59 Å². The molecule has 0 bridgehead atoms. The van der Waals surface area contributed by atoms with E-state index in [1.54, 1.807) is 13.0 Å². The molecular formula is C27H28ClN3O3. The Bertz CT molecular complexity index is 1180. The minimum atomic E-state index is -0.322. The van der Waals surface area contributed by atoms with E-state index in [0.29, 0.717) is 30.7 Å². The molecule has 0 aliphatic carbocycles. The van der Waals surface area contributed by atoms with Crippen LogP contribution in [-0.2, 0) is 16.0 Å². The summed E-state index contributed by atoms with van der Waals surface area (Å²) in [6.45, 7) is 4.18. The fraction of sp³-hybridized carbons (Fsp3) is 0.333. The maximum absolute atomic E-state index is 12.2. The normalized spacial score (nSPS) is 11.6. The third-order valence-corrected chi connectivity index (χ3v) is 6.01. The number of carbonyl (C=O) groups excluding carboxylic acids is 2. The predicted molar refractivity (Wildman–Crippen MR) is 132 cm³/mol. The number of hydrogen-bond acceptors (Lipinski definition) is 5. The highest BCUT2D eigenvalue weighted by atomic mass is 35.5. The van der Waals surface area contributed by atoms with Gasteiger partial charge in [0.2, 0.25) is 0 Å². The molecular weight excluding hydrogens is 450 g/mol. The highest BCUT2D eigenvalue weighted by Gasteiger charge is 2.25. The quantitative estimate of drug-likeness (QED) is 0.244. The lowest BCUT2D eigenvalue weighted by Gasteiger charge is -2.23. The number of benzene rings is 2. The van der Waals surface area contributed by atoms with Crippen molar-refractivity contribution in [1.82, 2.24) is 9.55 Å². The van der Waals surface area contributed by atoms with Crippen molar-refractivity contribution < 1.29 is 14.3 Å². The lowest BCUT2D eigenvalue weighted by molar-refractivity contribution is -0.143. The Labute approximate surface area is 205 Å². The number of hydrogen-bond donors (Lipinski definition) is 0. The summed E-state index contributed by atoms with van der Waals surface area (Å²) >= 11 is 6.33. The van der Waals surface area contributed by atoms with Crippen LogP contribution in [0.1, 0.15) is 73.0 Å². The molecule has 6 nitrogen and oxygen atoms in total. The Morgan fingerprint density at radius 3 is 2.59 bits per heavy atom. The Hall–Kier alpha value is -3.43. The lowest BCUT2D eigenvalue weighted by Crippen LogP contribution is -2.18. The topological polar surface area (TPSA) is 85.0 Å². The summed E-state index contributed by atoms with van der Waals surface area (Å²) in [5.74, 6) is 0.433. The number of nitrogens with zero attached hydrogens (tertiary/aromatic N) is 3. The number of carbonyl (C=O) groups is 2. The maximum atomic E-state index is 12.2. The molecule has 176 valence electrons. The largest absolute Gasteiger partial charge is 0.466 e. The molecule has 0 amide bonds. The van der Waals surface area contributed by atoms with Crippen molar-refractivity contribution in [3.05, 3.63) is 76.3 Å². The molecule has 0 N–H and O–H groups in total. The molecule has 34 heavy (non-hydrogen) atoms. The van der Waals surface area contributed by atoms with Crippen LogP contribution in [0.15, 0.2) is 48.5 Å². The smallest absolute Gasteiger partial charge is 0.305 e. The average molecular weight is 478 g/mol. The van der Waals surface area contributed by atoms with Crippen LogP contribution in [0.25, 0.3) is 11.1 Å². The Morgan fingerprint density at radius 1 is 1.21 bits per heavy atom. The van der Waals surface area contributed by atoms with Gasteiger partial charge in [0.05, 0.1) is 24.3 Å². The number of ether oxygens (including phenoxy) is 1. The van der Waals surface area contributed by atoms with Crippen LogP contribution in [0, 0.1) is 11.3 Å². The Morgan fingerprint density at radius 2 is 1.94 bits per heavy atom. The second-order valence-corrected chi connectivity index (χ2v) is 8.29. The lowest BCUT2D eigenvalue weighted by atomic mass is 9.95. The summed E-state index contributed by atoms with van der Waals surface area (Å²) in [6.07, 6.45) is 3.90. The van der Waals surface area contributed by atoms with E-state index in [4.69, 9.17) is 16.3 Å². The first-order chi connectivity index (χ1) is 16.5. The molecule has 2 aromatic carbocycles. The van der Waals surface area contributed by atoms with Gasteiger partial charge in [-0.2, -0.15) is 5.26 Å². The first kappa shape index (κ1) is 25.2. The number of rotatable bonds is 11. The number of imidazole rings is 1. The van der Waals surface area contributed by atoms with E-state index in [0.717, 1.165) is 41.6 Å². The SMILES string of the molecule is CCCCc1nc(Cl)c(C=O)n1C(CCC(=O)OCC)c1ccc(-c2ccccc2C#N)cc1. The van der Waals surface area contributed by atoms with E-state index in [1.807, 2.05) is 47.0 Å². The van der Waals surface area contributed by atoms with E-state index in [-0.39, 0.29) is 23.6 Å². The minimum absolute atomic E-state index is 0.168. The van der Waals surface area contributed by atoms with Gasteiger partial charge in [-0.15, -0.1) is 0 Å². The van der Waals surface area contributed by atoms with E-state index in [2.05, 4.69) is 18.0 Å². The molecule has 0 aliphatic heterocycles. The van der Waals surface area contributed by atoms with E-state index < -0.39 is 0 Å². The van der Waals surface area contributed by atoms with Gasteiger partial charge < -0.3 is 9.30 Å². The van der Waals surface area contributed by atoms with Crippen molar-refractivity contribution in [3.8, 4) is 17.2 Å². The van der Waals surface area contributed by atoms with Crippen molar-refractivity contribution in [2.75, 3.05) is 6.61 Å². The van der Waals surface area contributed by atoms with Crippen molar-refractivity contribution in [1.29, 1.82) is 5.26 Å². The van der Waals surface area contributed by atoms with Crippen LogP contribution in [0.4, 0.5) is 0 Å². The van der Waals surface area contributed by atoms with Gasteiger partial charge in [0.15, 0.2) is 11.4 Å². The summed E-state index contributed by atoms with van der Waals surface area (Å²) < 4.78 is 7.00. The molecule has 1 aromatic heterocycles. The summed E-state index contributed by atoms with van der Waals surface area (Å²) in [6, 6.07) is 17.2. The fourth-order valence-corrected chi connectivity index (χ4v) is 4.31. The monoisotopic (exact) mass is 477 g/mol. The van der Waals surface area contributed by atoms with Crippen molar-refractivity contribution >= 4 is 23.9 Å². The minimum Gasteiger partial charge on any atom is -0.466 e. The summed E-state index contributed by atoms with van der Waals surface area (Å²) in [5.41, 5.74) is 3.58. The van der Waals surface area contributed by atoms with Gasteiger partial charge in [-0.25, -0.2) is 4.98 Å². The molecule has 1 unspecified atom stereocenters. The number of halogens is 1. The molecule has 0 radical (unpaired) electrons. The highest BCUT2D eigenvalue weighted by molar-refractivity contribution is 6.31. The van der Waals surface area contributed by atoms with Gasteiger partial charge in [-0.05, 0) is 42.5 Å². The summed E-state index contributed by atoms with van der Waals surface area (Å²) in [7, 11) is 0. The Kier molecular flexibility index (Phi) is 9.00. The van der Waals surface area contributed by atoms with Crippen molar-refractivity contribution in [2.24, 2.45) is 0 Å². The zero-order valence-corrected chi connectivity index (χ0v) is 20.2. The first-order valence-corrected chi connectivity index (χ1v) is 11.9. The number of nitriles is 1. The first-order valence-electron chi connectivity index (χ1n) is 11.5. The van der Waals surface area contributed by atoms with E-state index in [9.17, 15) is 14.9 Å². The zero-order chi connectivity index (χ0) is 24.5. The van der Waals surface area contributed by atoms with Gasteiger partial charge in [0.1, 0.15) is 11.5 Å².